The van der Waals surface area contributed by atoms with Gasteiger partial charge in [0.25, 0.3) is 5.89 Å². The summed E-state index contributed by atoms with van der Waals surface area (Å²) in [5, 5.41) is 17.0. The molecule has 1 N–H and O–H groups in total. The van der Waals surface area contributed by atoms with Gasteiger partial charge >= 0.3 is 6.08 Å². The van der Waals surface area contributed by atoms with E-state index in [0.29, 0.717) is 25.7 Å². The standard InChI is InChI=1S/C13H14N2O4/c16-6-13(7-17-8-13)9-18-12-15-14-11(19-12)10-4-2-1-3-5-10/h1-5,16H,6-9H2. The van der Waals surface area contributed by atoms with Crippen LogP contribution >= 0.6 is 0 Å². The molecule has 1 fully saturated rings. The van der Waals surface area contributed by atoms with Gasteiger partial charge in [-0.1, -0.05) is 23.3 Å². The number of aliphatic hydroxyl groups is 1. The summed E-state index contributed by atoms with van der Waals surface area (Å²) in [6.45, 7) is 1.30. The molecule has 1 aliphatic heterocycles. The van der Waals surface area contributed by atoms with Gasteiger partial charge in [-0.05, 0) is 12.1 Å². The van der Waals surface area contributed by atoms with Crippen LogP contribution in [0.1, 0.15) is 0 Å². The van der Waals surface area contributed by atoms with Crippen LogP contribution in [0.4, 0.5) is 0 Å². The second-order valence-electron chi connectivity index (χ2n) is 4.68. The van der Waals surface area contributed by atoms with Gasteiger partial charge in [-0.15, -0.1) is 5.10 Å². The van der Waals surface area contributed by atoms with Gasteiger partial charge in [0.2, 0.25) is 0 Å². The van der Waals surface area contributed by atoms with Gasteiger partial charge < -0.3 is 19.0 Å². The fraction of sp³-hybridized carbons (Fsp3) is 0.385. The van der Waals surface area contributed by atoms with Crippen molar-refractivity contribution in [3.05, 3.63) is 30.3 Å². The maximum atomic E-state index is 9.27. The van der Waals surface area contributed by atoms with Crippen molar-refractivity contribution >= 4 is 0 Å². The van der Waals surface area contributed by atoms with Crippen LogP contribution in [0.5, 0.6) is 6.08 Å². The number of benzene rings is 1. The predicted molar refractivity (Wildman–Crippen MR) is 65.6 cm³/mol. The molecule has 2 heterocycles. The zero-order valence-electron chi connectivity index (χ0n) is 10.3. The quantitative estimate of drug-likeness (QED) is 0.870. The van der Waals surface area contributed by atoms with E-state index in [4.69, 9.17) is 13.9 Å². The summed E-state index contributed by atoms with van der Waals surface area (Å²) in [6.07, 6.45) is 0.110. The van der Waals surface area contributed by atoms with Crippen molar-refractivity contribution in [2.75, 3.05) is 26.4 Å². The van der Waals surface area contributed by atoms with Crippen molar-refractivity contribution in [1.82, 2.24) is 10.2 Å². The minimum Gasteiger partial charge on any atom is -0.448 e. The van der Waals surface area contributed by atoms with Gasteiger partial charge in [-0.2, -0.15) is 0 Å². The van der Waals surface area contributed by atoms with Gasteiger partial charge in [-0.3, -0.25) is 0 Å². The van der Waals surface area contributed by atoms with E-state index in [9.17, 15) is 5.11 Å². The molecule has 0 amide bonds. The summed E-state index contributed by atoms with van der Waals surface area (Å²) in [4.78, 5) is 0. The smallest absolute Gasteiger partial charge is 0.414 e. The number of aromatic nitrogens is 2. The Hall–Kier alpha value is -1.92. The molecular formula is C13H14N2O4. The van der Waals surface area contributed by atoms with Crippen LogP contribution in [0, 0.1) is 5.41 Å². The number of nitrogens with zero attached hydrogens (tertiary/aromatic N) is 2. The molecule has 100 valence electrons. The fourth-order valence-electron chi connectivity index (χ4n) is 1.79. The third kappa shape index (κ3) is 2.45. The van der Waals surface area contributed by atoms with Crippen LogP contribution in [0.25, 0.3) is 11.5 Å². The average Bonchev–Trinajstić information content (AvgIpc) is 2.88. The Morgan fingerprint density at radius 3 is 2.63 bits per heavy atom. The second-order valence-corrected chi connectivity index (χ2v) is 4.68. The van der Waals surface area contributed by atoms with Gasteiger partial charge in [0.05, 0.1) is 25.2 Å². The summed E-state index contributed by atoms with van der Waals surface area (Å²) >= 11 is 0. The molecule has 0 bridgehead atoms. The Bertz CT molecular complexity index is 531. The van der Waals surface area contributed by atoms with Crippen molar-refractivity contribution in [2.45, 2.75) is 0 Å². The molecule has 3 rings (SSSR count). The summed E-state index contributed by atoms with van der Waals surface area (Å²) in [7, 11) is 0. The van der Waals surface area contributed by atoms with Gasteiger partial charge in [-0.25, -0.2) is 0 Å². The predicted octanol–water partition coefficient (Wildman–Crippen LogP) is 1.12. The van der Waals surface area contributed by atoms with Crippen LogP contribution in [-0.4, -0.2) is 41.7 Å². The first-order chi connectivity index (χ1) is 9.31. The third-order valence-electron chi connectivity index (χ3n) is 3.08. The third-order valence-corrected chi connectivity index (χ3v) is 3.08. The number of hydrogen-bond acceptors (Lipinski definition) is 6. The molecule has 0 atom stereocenters. The first kappa shape index (κ1) is 12.1. The molecule has 0 radical (unpaired) electrons. The van der Waals surface area contributed by atoms with Gasteiger partial charge in [0.15, 0.2) is 0 Å². The van der Waals surface area contributed by atoms with Crippen LogP contribution in [0.2, 0.25) is 0 Å². The van der Waals surface area contributed by atoms with Crippen molar-refractivity contribution < 1.29 is 19.0 Å². The molecule has 0 spiro atoms. The van der Waals surface area contributed by atoms with Crippen molar-refractivity contribution in [2.24, 2.45) is 5.41 Å². The van der Waals surface area contributed by atoms with Crippen molar-refractivity contribution in [1.29, 1.82) is 0 Å². The molecule has 1 aromatic carbocycles. The molecule has 2 aromatic rings. The van der Waals surface area contributed by atoms with E-state index in [2.05, 4.69) is 10.2 Å². The lowest BCUT2D eigenvalue weighted by molar-refractivity contribution is -0.155. The van der Waals surface area contributed by atoms with Crippen LogP contribution < -0.4 is 4.74 Å². The Morgan fingerprint density at radius 1 is 1.21 bits per heavy atom. The summed E-state index contributed by atoms with van der Waals surface area (Å²) in [5.41, 5.74) is 0.509. The zero-order chi connectivity index (χ0) is 13.1. The maximum absolute atomic E-state index is 9.27. The molecule has 0 unspecified atom stereocenters. The molecule has 1 aromatic heterocycles. The summed E-state index contributed by atoms with van der Waals surface area (Å²) in [5.74, 6) is 0.415. The van der Waals surface area contributed by atoms with Crippen molar-refractivity contribution in [3.63, 3.8) is 0 Å². The fourth-order valence-corrected chi connectivity index (χ4v) is 1.79. The highest BCUT2D eigenvalue weighted by atomic mass is 16.6. The first-order valence-corrected chi connectivity index (χ1v) is 6.02. The second kappa shape index (κ2) is 4.99. The topological polar surface area (TPSA) is 77.6 Å². The van der Waals surface area contributed by atoms with Crippen LogP contribution in [-0.2, 0) is 4.74 Å². The molecule has 0 saturated carbocycles. The highest BCUT2D eigenvalue weighted by molar-refractivity contribution is 5.51. The molecule has 0 aliphatic carbocycles. The van der Waals surface area contributed by atoms with Crippen LogP contribution in [0.15, 0.2) is 34.7 Å². The Kier molecular flexibility index (Phi) is 3.18. The Balaban J connectivity index is 1.65. The molecule has 1 saturated heterocycles. The summed E-state index contributed by atoms with van der Waals surface area (Å²) < 4.78 is 15.9. The monoisotopic (exact) mass is 262 g/mol. The molecule has 6 nitrogen and oxygen atoms in total. The lowest BCUT2D eigenvalue weighted by atomic mass is 9.88. The number of ether oxygens (including phenoxy) is 2. The summed E-state index contributed by atoms with van der Waals surface area (Å²) in [6, 6.07) is 9.47. The minimum atomic E-state index is -0.332. The van der Waals surface area contributed by atoms with E-state index in [-0.39, 0.29) is 18.1 Å². The van der Waals surface area contributed by atoms with E-state index < -0.39 is 0 Å². The van der Waals surface area contributed by atoms with E-state index in [1.807, 2.05) is 30.3 Å². The molecular weight excluding hydrogens is 248 g/mol. The lowest BCUT2D eigenvalue weighted by Crippen LogP contribution is -2.49. The van der Waals surface area contributed by atoms with Crippen LogP contribution in [0.3, 0.4) is 0 Å². The number of rotatable bonds is 5. The van der Waals surface area contributed by atoms with Gasteiger partial charge in [0, 0.05) is 5.56 Å². The number of aliphatic hydroxyl groups excluding tert-OH is 1. The van der Waals surface area contributed by atoms with E-state index in [0.717, 1.165) is 5.56 Å². The molecule has 6 heteroatoms. The van der Waals surface area contributed by atoms with Crippen molar-refractivity contribution in [3.8, 4) is 17.5 Å². The molecule has 19 heavy (non-hydrogen) atoms. The largest absolute Gasteiger partial charge is 0.448 e. The highest BCUT2D eigenvalue weighted by Crippen LogP contribution is 2.28. The Morgan fingerprint density at radius 2 is 2.00 bits per heavy atom. The molecule has 1 aliphatic rings. The average molecular weight is 262 g/mol. The van der Waals surface area contributed by atoms with E-state index in [1.165, 1.54) is 0 Å². The normalized spacial score (nSPS) is 16.9. The zero-order valence-corrected chi connectivity index (χ0v) is 10.3. The van der Waals surface area contributed by atoms with E-state index >= 15 is 0 Å². The number of hydrogen-bond donors (Lipinski definition) is 1. The lowest BCUT2D eigenvalue weighted by Gasteiger charge is -2.38. The highest BCUT2D eigenvalue weighted by Gasteiger charge is 2.39. The first-order valence-electron chi connectivity index (χ1n) is 6.02. The minimum absolute atomic E-state index is 0.0205. The van der Waals surface area contributed by atoms with E-state index in [1.54, 1.807) is 0 Å². The maximum Gasteiger partial charge on any atom is 0.414 e. The Labute approximate surface area is 110 Å². The SMILES string of the molecule is OCC1(COc2nnc(-c3ccccc3)o2)COC1. The van der Waals surface area contributed by atoms with Gasteiger partial charge in [0.1, 0.15) is 6.61 Å².